The fourth-order valence-electron chi connectivity index (χ4n) is 2.11. The van der Waals surface area contributed by atoms with Crippen LogP contribution in [0, 0.1) is 0 Å². The minimum atomic E-state index is -0.0793. The van der Waals surface area contributed by atoms with Crippen molar-refractivity contribution in [2.75, 3.05) is 6.61 Å². The second-order valence-corrected chi connectivity index (χ2v) is 5.51. The van der Waals surface area contributed by atoms with Crippen molar-refractivity contribution in [3.63, 3.8) is 0 Å². The van der Waals surface area contributed by atoms with Gasteiger partial charge in [-0.15, -0.1) is 0 Å². The van der Waals surface area contributed by atoms with Gasteiger partial charge in [0.05, 0.1) is 6.61 Å². The van der Waals surface area contributed by atoms with Gasteiger partial charge in [-0.2, -0.15) is 0 Å². The number of carbonyl (C=O) groups excluding carboxylic acids is 1. The number of hydrogen-bond acceptors (Lipinski definition) is 2. The summed E-state index contributed by atoms with van der Waals surface area (Å²) in [6, 6.07) is 9.58. The molecule has 2 aromatic rings. The van der Waals surface area contributed by atoms with Gasteiger partial charge in [0.15, 0.2) is 0 Å². The zero-order chi connectivity index (χ0) is 15.2. The predicted octanol–water partition coefficient (Wildman–Crippen LogP) is 3.60. The molecule has 2 rings (SSSR count). The summed E-state index contributed by atoms with van der Waals surface area (Å²) in [5.74, 6) is 0.744. The topological polar surface area (TPSA) is 43.3 Å². The molecule has 0 saturated heterocycles. The molecule has 1 amide bonds. The summed E-state index contributed by atoms with van der Waals surface area (Å²) < 4.78 is 8.28. The molecule has 1 heterocycles. The largest absolute Gasteiger partial charge is 0.494 e. The molecule has 0 fully saturated rings. The van der Waals surface area contributed by atoms with E-state index >= 15 is 0 Å². The summed E-state index contributed by atoms with van der Waals surface area (Å²) in [4.78, 5) is 12.2. The molecule has 0 bridgehead atoms. The van der Waals surface area contributed by atoms with E-state index in [1.807, 2.05) is 54.9 Å². The molecule has 0 radical (unpaired) electrons. The normalized spacial score (nSPS) is 10.4. The highest BCUT2D eigenvalue weighted by molar-refractivity contribution is 9.10. The van der Waals surface area contributed by atoms with Gasteiger partial charge in [0, 0.05) is 23.8 Å². The van der Waals surface area contributed by atoms with Gasteiger partial charge >= 0.3 is 0 Å². The molecule has 4 nitrogen and oxygen atoms in total. The highest BCUT2D eigenvalue weighted by Crippen LogP contribution is 2.16. The number of nitrogens with zero attached hydrogens (tertiary/aromatic N) is 1. The third kappa shape index (κ3) is 4.11. The van der Waals surface area contributed by atoms with Crippen molar-refractivity contribution < 1.29 is 9.53 Å². The molecule has 112 valence electrons. The van der Waals surface area contributed by atoms with Gasteiger partial charge in [-0.05, 0) is 53.5 Å². The van der Waals surface area contributed by atoms with Crippen LogP contribution < -0.4 is 10.1 Å². The number of benzene rings is 1. The number of carbonyl (C=O) groups is 1. The SMILES string of the molecule is CCOc1cccc(CNC(=O)c2cc(Br)cn2CC)c1. The molecule has 5 heteroatoms. The third-order valence-electron chi connectivity index (χ3n) is 3.10. The molecule has 0 unspecified atom stereocenters. The monoisotopic (exact) mass is 350 g/mol. The van der Waals surface area contributed by atoms with E-state index < -0.39 is 0 Å². The molecule has 1 aromatic heterocycles. The van der Waals surface area contributed by atoms with Crippen LogP contribution in [0.1, 0.15) is 29.9 Å². The van der Waals surface area contributed by atoms with Crippen LogP contribution in [-0.2, 0) is 13.1 Å². The number of hydrogen-bond donors (Lipinski definition) is 1. The number of halogens is 1. The molecule has 0 spiro atoms. The first-order chi connectivity index (χ1) is 10.1. The Hall–Kier alpha value is -1.75. The van der Waals surface area contributed by atoms with E-state index in [2.05, 4.69) is 21.2 Å². The maximum Gasteiger partial charge on any atom is 0.268 e. The lowest BCUT2D eigenvalue weighted by atomic mass is 10.2. The zero-order valence-corrected chi connectivity index (χ0v) is 13.8. The molecule has 1 aromatic carbocycles. The van der Waals surface area contributed by atoms with Gasteiger partial charge in [-0.3, -0.25) is 4.79 Å². The number of aryl methyl sites for hydroxylation is 1. The lowest BCUT2D eigenvalue weighted by Gasteiger charge is -2.09. The van der Waals surface area contributed by atoms with Gasteiger partial charge in [0.2, 0.25) is 0 Å². The van der Waals surface area contributed by atoms with Crippen LogP contribution in [0.2, 0.25) is 0 Å². The van der Waals surface area contributed by atoms with Crippen LogP contribution in [0.3, 0.4) is 0 Å². The minimum absolute atomic E-state index is 0.0793. The Morgan fingerprint density at radius 1 is 1.33 bits per heavy atom. The summed E-state index contributed by atoms with van der Waals surface area (Å²) >= 11 is 3.40. The smallest absolute Gasteiger partial charge is 0.268 e. The van der Waals surface area contributed by atoms with E-state index in [-0.39, 0.29) is 5.91 Å². The van der Waals surface area contributed by atoms with Crippen molar-refractivity contribution in [3.8, 4) is 5.75 Å². The maximum atomic E-state index is 12.2. The van der Waals surface area contributed by atoms with E-state index in [1.54, 1.807) is 0 Å². The van der Waals surface area contributed by atoms with Gasteiger partial charge in [-0.1, -0.05) is 12.1 Å². The number of nitrogens with one attached hydrogen (secondary N) is 1. The molecule has 21 heavy (non-hydrogen) atoms. The van der Waals surface area contributed by atoms with Crippen molar-refractivity contribution in [2.45, 2.75) is 26.9 Å². The molecule has 0 atom stereocenters. The van der Waals surface area contributed by atoms with Crippen LogP contribution >= 0.6 is 15.9 Å². The first-order valence-electron chi connectivity index (χ1n) is 6.99. The van der Waals surface area contributed by atoms with E-state index in [4.69, 9.17) is 4.74 Å². The van der Waals surface area contributed by atoms with Crippen LogP contribution in [-0.4, -0.2) is 17.1 Å². The summed E-state index contributed by atoms with van der Waals surface area (Å²) in [5, 5.41) is 2.94. The standard InChI is InChI=1S/C16H19BrN2O2/c1-3-19-11-13(17)9-15(19)16(20)18-10-12-6-5-7-14(8-12)21-4-2/h5-9,11H,3-4,10H2,1-2H3,(H,18,20). The predicted molar refractivity (Wildman–Crippen MR) is 86.6 cm³/mol. The number of ether oxygens (including phenoxy) is 1. The average molecular weight is 351 g/mol. The van der Waals surface area contributed by atoms with Crippen molar-refractivity contribution in [2.24, 2.45) is 0 Å². The Bertz CT molecular complexity index is 622. The molecule has 0 saturated carbocycles. The van der Waals surface area contributed by atoms with Crippen LogP contribution in [0.4, 0.5) is 0 Å². The first kappa shape index (κ1) is 15.6. The van der Waals surface area contributed by atoms with Crippen LogP contribution in [0.15, 0.2) is 41.0 Å². The van der Waals surface area contributed by atoms with E-state index in [0.717, 1.165) is 22.3 Å². The van der Waals surface area contributed by atoms with Gasteiger partial charge in [0.1, 0.15) is 11.4 Å². The van der Waals surface area contributed by atoms with Crippen molar-refractivity contribution in [1.82, 2.24) is 9.88 Å². The summed E-state index contributed by atoms with van der Waals surface area (Å²) in [6.07, 6.45) is 1.91. The van der Waals surface area contributed by atoms with E-state index in [1.165, 1.54) is 0 Å². The van der Waals surface area contributed by atoms with Crippen molar-refractivity contribution in [1.29, 1.82) is 0 Å². The van der Waals surface area contributed by atoms with Crippen molar-refractivity contribution >= 4 is 21.8 Å². The molecular formula is C16H19BrN2O2. The zero-order valence-electron chi connectivity index (χ0n) is 12.2. The maximum absolute atomic E-state index is 12.2. The second-order valence-electron chi connectivity index (χ2n) is 4.59. The lowest BCUT2D eigenvalue weighted by molar-refractivity contribution is 0.0941. The molecular weight excluding hydrogens is 332 g/mol. The molecule has 0 aliphatic heterocycles. The van der Waals surface area contributed by atoms with Gasteiger partial charge in [0.25, 0.3) is 5.91 Å². The fraction of sp³-hybridized carbons (Fsp3) is 0.312. The van der Waals surface area contributed by atoms with E-state index in [0.29, 0.717) is 18.8 Å². The Kier molecular flexibility index (Phi) is 5.44. The fourth-order valence-corrected chi connectivity index (χ4v) is 2.58. The number of aromatic nitrogens is 1. The minimum Gasteiger partial charge on any atom is -0.494 e. The summed E-state index contributed by atoms with van der Waals surface area (Å²) in [5.41, 5.74) is 1.67. The quantitative estimate of drug-likeness (QED) is 0.864. The Morgan fingerprint density at radius 2 is 2.14 bits per heavy atom. The highest BCUT2D eigenvalue weighted by atomic mass is 79.9. The van der Waals surface area contributed by atoms with Gasteiger partial charge in [-0.25, -0.2) is 0 Å². The molecule has 0 aliphatic rings. The Morgan fingerprint density at radius 3 is 2.86 bits per heavy atom. The number of rotatable bonds is 6. The van der Waals surface area contributed by atoms with Gasteiger partial charge < -0.3 is 14.6 Å². The molecule has 1 N–H and O–H groups in total. The summed E-state index contributed by atoms with van der Waals surface area (Å²) in [6.45, 7) is 5.83. The van der Waals surface area contributed by atoms with E-state index in [9.17, 15) is 4.79 Å². The van der Waals surface area contributed by atoms with Crippen molar-refractivity contribution in [3.05, 3.63) is 52.3 Å². The third-order valence-corrected chi connectivity index (χ3v) is 3.53. The lowest BCUT2D eigenvalue weighted by Crippen LogP contribution is -2.25. The second kappa shape index (κ2) is 7.31. The highest BCUT2D eigenvalue weighted by Gasteiger charge is 2.11. The summed E-state index contributed by atoms with van der Waals surface area (Å²) in [7, 11) is 0. The molecule has 0 aliphatic carbocycles. The first-order valence-corrected chi connectivity index (χ1v) is 7.79. The Labute approximate surface area is 133 Å². The number of amides is 1. The Balaban J connectivity index is 2.02. The average Bonchev–Trinajstić information content (AvgIpc) is 2.87. The van der Waals surface area contributed by atoms with Crippen LogP contribution in [0.5, 0.6) is 5.75 Å². The van der Waals surface area contributed by atoms with Crippen LogP contribution in [0.25, 0.3) is 0 Å².